The van der Waals surface area contributed by atoms with Crippen molar-refractivity contribution >= 4 is 15.9 Å². The van der Waals surface area contributed by atoms with Crippen LogP contribution in [-0.2, 0) is 6.54 Å². The zero-order chi connectivity index (χ0) is 15.7. The molecule has 0 fully saturated rings. The highest BCUT2D eigenvalue weighted by atomic mass is 79.9. The number of ether oxygens (including phenoxy) is 2. The van der Waals surface area contributed by atoms with Crippen molar-refractivity contribution < 1.29 is 9.47 Å². The number of benzene rings is 1. The maximum absolute atomic E-state index is 5.73. The molecule has 0 radical (unpaired) electrons. The van der Waals surface area contributed by atoms with E-state index in [0.717, 1.165) is 48.4 Å². The number of rotatable bonds is 10. The number of hydrogen-bond acceptors (Lipinski definition) is 4. The molecule has 0 saturated carbocycles. The first kappa shape index (κ1) is 18.3. The molecule has 21 heavy (non-hydrogen) atoms. The second-order valence-corrected chi connectivity index (χ2v) is 6.15. The Morgan fingerprint density at radius 3 is 2.67 bits per heavy atom. The summed E-state index contributed by atoms with van der Waals surface area (Å²) >= 11 is 3.57. The van der Waals surface area contributed by atoms with Gasteiger partial charge in [0.15, 0.2) is 11.5 Å². The van der Waals surface area contributed by atoms with Crippen LogP contribution in [0.25, 0.3) is 0 Å². The minimum absolute atomic E-state index is 0.692. The second-order valence-electron chi connectivity index (χ2n) is 5.29. The molecule has 0 unspecified atom stereocenters. The van der Waals surface area contributed by atoms with E-state index in [9.17, 15) is 0 Å². The lowest BCUT2D eigenvalue weighted by Crippen LogP contribution is -2.21. The fourth-order valence-corrected chi connectivity index (χ4v) is 2.58. The van der Waals surface area contributed by atoms with Gasteiger partial charge in [-0.1, -0.05) is 6.92 Å². The smallest absolute Gasteiger partial charge is 0.175 e. The first-order valence-corrected chi connectivity index (χ1v) is 8.22. The summed E-state index contributed by atoms with van der Waals surface area (Å²) in [4.78, 5) is 2.20. The summed E-state index contributed by atoms with van der Waals surface area (Å²) < 4.78 is 12.1. The first-order valence-electron chi connectivity index (χ1n) is 7.43. The topological polar surface area (TPSA) is 33.7 Å². The molecule has 0 atom stereocenters. The van der Waals surface area contributed by atoms with Gasteiger partial charge in [-0.25, -0.2) is 0 Å². The molecular weight excluding hydrogens is 332 g/mol. The second kappa shape index (κ2) is 10.0. The van der Waals surface area contributed by atoms with Crippen molar-refractivity contribution in [2.45, 2.75) is 26.3 Å². The summed E-state index contributed by atoms with van der Waals surface area (Å²) in [5.41, 5.74) is 1.19. The molecule has 0 aliphatic carbocycles. The molecule has 4 nitrogen and oxygen atoms in total. The summed E-state index contributed by atoms with van der Waals surface area (Å²) in [5, 5.41) is 3.45. The number of halogens is 1. The van der Waals surface area contributed by atoms with Gasteiger partial charge in [0.2, 0.25) is 0 Å². The monoisotopic (exact) mass is 358 g/mol. The van der Waals surface area contributed by atoms with Crippen molar-refractivity contribution in [1.29, 1.82) is 0 Å². The molecule has 0 spiro atoms. The van der Waals surface area contributed by atoms with Gasteiger partial charge in [-0.2, -0.15) is 0 Å². The normalized spacial score (nSPS) is 11.0. The zero-order valence-electron chi connectivity index (χ0n) is 13.5. The molecule has 1 aromatic rings. The van der Waals surface area contributed by atoms with Crippen LogP contribution in [0.15, 0.2) is 16.6 Å². The lowest BCUT2D eigenvalue weighted by Gasteiger charge is -2.14. The van der Waals surface area contributed by atoms with E-state index in [4.69, 9.17) is 9.47 Å². The van der Waals surface area contributed by atoms with E-state index < -0.39 is 0 Å². The molecule has 0 aromatic heterocycles. The molecule has 0 aliphatic heterocycles. The van der Waals surface area contributed by atoms with E-state index in [2.05, 4.69) is 53.2 Å². The molecule has 0 bridgehead atoms. The molecule has 120 valence electrons. The Labute approximate surface area is 136 Å². The molecule has 1 rings (SSSR count). The van der Waals surface area contributed by atoms with Crippen LogP contribution in [0, 0.1) is 0 Å². The Morgan fingerprint density at radius 2 is 2.05 bits per heavy atom. The van der Waals surface area contributed by atoms with Gasteiger partial charge in [-0.05, 0) is 73.7 Å². The van der Waals surface area contributed by atoms with E-state index in [1.807, 2.05) is 6.07 Å². The maximum Gasteiger partial charge on any atom is 0.175 e. The highest BCUT2D eigenvalue weighted by molar-refractivity contribution is 9.10. The van der Waals surface area contributed by atoms with Gasteiger partial charge in [0, 0.05) is 6.54 Å². The number of methoxy groups -OCH3 is 1. The van der Waals surface area contributed by atoms with Crippen molar-refractivity contribution in [3.8, 4) is 11.5 Å². The van der Waals surface area contributed by atoms with Crippen LogP contribution in [0.2, 0.25) is 0 Å². The van der Waals surface area contributed by atoms with E-state index in [1.165, 1.54) is 5.56 Å². The zero-order valence-corrected chi connectivity index (χ0v) is 15.1. The third-order valence-corrected chi connectivity index (χ3v) is 3.62. The number of hydrogen-bond donors (Lipinski definition) is 1. The Kier molecular flexibility index (Phi) is 8.73. The van der Waals surface area contributed by atoms with Gasteiger partial charge >= 0.3 is 0 Å². The molecule has 0 amide bonds. The largest absolute Gasteiger partial charge is 0.493 e. The quantitative estimate of drug-likeness (QED) is 0.650. The van der Waals surface area contributed by atoms with Crippen molar-refractivity contribution in [2.24, 2.45) is 0 Å². The van der Waals surface area contributed by atoms with Crippen LogP contribution < -0.4 is 14.8 Å². The summed E-state index contributed by atoms with van der Waals surface area (Å²) in [6.45, 7) is 5.72. The molecule has 0 saturated heterocycles. The summed E-state index contributed by atoms with van der Waals surface area (Å²) in [7, 11) is 5.86. The summed E-state index contributed by atoms with van der Waals surface area (Å²) in [5.74, 6) is 1.57. The summed E-state index contributed by atoms with van der Waals surface area (Å²) in [6, 6.07) is 4.13. The SMILES string of the molecule is CCCOc1c(Br)cc(CNCCCN(C)C)cc1OC. The van der Waals surface area contributed by atoms with E-state index in [-0.39, 0.29) is 0 Å². The van der Waals surface area contributed by atoms with Crippen LogP contribution in [0.1, 0.15) is 25.3 Å². The lowest BCUT2D eigenvalue weighted by molar-refractivity contribution is 0.292. The standard InChI is InChI=1S/C16H27BrN2O2/c1-5-9-21-16-14(17)10-13(11-15(16)20-4)12-18-7-6-8-19(2)3/h10-11,18H,5-9,12H2,1-4H3. The molecule has 0 aliphatic rings. The van der Waals surface area contributed by atoms with E-state index in [1.54, 1.807) is 7.11 Å². The molecule has 0 heterocycles. The third kappa shape index (κ3) is 6.68. The van der Waals surface area contributed by atoms with Crippen LogP contribution in [0.5, 0.6) is 11.5 Å². The van der Waals surface area contributed by atoms with Gasteiger partial charge in [0.05, 0.1) is 18.2 Å². The van der Waals surface area contributed by atoms with Gasteiger partial charge < -0.3 is 19.7 Å². The molecule has 1 N–H and O–H groups in total. The van der Waals surface area contributed by atoms with Crippen molar-refractivity contribution in [2.75, 3.05) is 40.9 Å². The van der Waals surface area contributed by atoms with E-state index in [0.29, 0.717) is 6.61 Å². The Morgan fingerprint density at radius 1 is 1.29 bits per heavy atom. The highest BCUT2D eigenvalue weighted by Gasteiger charge is 2.11. The van der Waals surface area contributed by atoms with Gasteiger partial charge in [0.1, 0.15) is 0 Å². The van der Waals surface area contributed by atoms with Crippen LogP contribution in [-0.4, -0.2) is 45.8 Å². The van der Waals surface area contributed by atoms with Crippen LogP contribution in [0.4, 0.5) is 0 Å². The molecular formula is C16H27BrN2O2. The average molecular weight is 359 g/mol. The van der Waals surface area contributed by atoms with Crippen LogP contribution in [0.3, 0.4) is 0 Å². The Bertz CT molecular complexity index is 425. The number of nitrogens with zero attached hydrogens (tertiary/aromatic N) is 1. The fourth-order valence-electron chi connectivity index (χ4n) is 1.97. The summed E-state index contributed by atoms with van der Waals surface area (Å²) in [6.07, 6.45) is 2.12. The fraction of sp³-hybridized carbons (Fsp3) is 0.625. The highest BCUT2D eigenvalue weighted by Crippen LogP contribution is 2.36. The van der Waals surface area contributed by atoms with Gasteiger partial charge in [-0.3, -0.25) is 0 Å². The predicted molar refractivity (Wildman–Crippen MR) is 91.4 cm³/mol. The molecule has 1 aromatic carbocycles. The van der Waals surface area contributed by atoms with Crippen molar-refractivity contribution in [1.82, 2.24) is 10.2 Å². The Hall–Kier alpha value is -0.780. The predicted octanol–water partition coefficient (Wildman–Crippen LogP) is 3.29. The van der Waals surface area contributed by atoms with Gasteiger partial charge in [-0.15, -0.1) is 0 Å². The first-order chi connectivity index (χ1) is 10.1. The van der Waals surface area contributed by atoms with Crippen molar-refractivity contribution in [3.63, 3.8) is 0 Å². The van der Waals surface area contributed by atoms with Crippen molar-refractivity contribution in [3.05, 3.63) is 22.2 Å². The lowest BCUT2D eigenvalue weighted by atomic mass is 10.2. The maximum atomic E-state index is 5.73. The minimum atomic E-state index is 0.692. The minimum Gasteiger partial charge on any atom is -0.493 e. The molecule has 5 heteroatoms. The van der Waals surface area contributed by atoms with E-state index >= 15 is 0 Å². The van der Waals surface area contributed by atoms with Crippen LogP contribution >= 0.6 is 15.9 Å². The Balaban J connectivity index is 2.57. The third-order valence-electron chi connectivity index (χ3n) is 3.03. The van der Waals surface area contributed by atoms with Gasteiger partial charge in [0.25, 0.3) is 0 Å². The number of nitrogens with one attached hydrogen (secondary N) is 1. The average Bonchev–Trinajstić information content (AvgIpc) is 2.45.